The van der Waals surface area contributed by atoms with Crippen LogP contribution in [0.15, 0.2) is 66.7 Å². The van der Waals surface area contributed by atoms with Crippen molar-refractivity contribution in [3.8, 4) is 0 Å². The minimum atomic E-state index is 0.952. The van der Waals surface area contributed by atoms with E-state index >= 15 is 0 Å². The standard InChI is InChI=1S/C7H7Br.C6H6/c8-6-7-4-2-1-3-5-7;1-2-4-6-5-3-1/h1-5H,6H2;1-6H. The van der Waals surface area contributed by atoms with Crippen molar-refractivity contribution in [2.75, 3.05) is 0 Å². The summed E-state index contributed by atoms with van der Waals surface area (Å²) >= 11 is 3.36. The zero-order chi connectivity index (χ0) is 10.1. The van der Waals surface area contributed by atoms with Crippen molar-refractivity contribution in [2.45, 2.75) is 5.33 Å². The van der Waals surface area contributed by atoms with Gasteiger partial charge in [-0.25, -0.2) is 0 Å². The van der Waals surface area contributed by atoms with E-state index in [1.165, 1.54) is 5.56 Å². The van der Waals surface area contributed by atoms with E-state index in [9.17, 15) is 0 Å². The Morgan fingerprint density at radius 1 is 0.643 bits per heavy atom. The molecule has 0 aliphatic heterocycles. The normalized spacial score (nSPS) is 8.64. The molecule has 0 unspecified atom stereocenters. The van der Waals surface area contributed by atoms with Gasteiger partial charge >= 0.3 is 0 Å². The third-order valence-corrected chi connectivity index (χ3v) is 2.31. The van der Waals surface area contributed by atoms with Crippen molar-refractivity contribution in [3.05, 3.63) is 72.3 Å². The number of hydrogen-bond acceptors (Lipinski definition) is 0. The summed E-state index contributed by atoms with van der Waals surface area (Å²) in [4.78, 5) is 0. The van der Waals surface area contributed by atoms with Crippen molar-refractivity contribution < 1.29 is 0 Å². The number of benzene rings is 2. The zero-order valence-corrected chi connectivity index (χ0v) is 9.52. The van der Waals surface area contributed by atoms with Crippen molar-refractivity contribution in [3.63, 3.8) is 0 Å². The molecule has 0 aliphatic carbocycles. The highest BCUT2D eigenvalue weighted by atomic mass is 79.9. The van der Waals surface area contributed by atoms with Crippen molar-refractivity contribution in [1.82, 2.24) is 0 Å². The Morgan fingerprint density at radius 2 is 1.00 bits per heavy atom. The van der Waals surface area contributed by atoms with Gasteiger partial charge in [-0.2, -0.15) is 0 Å². The highest BCUT2D eigenvalue weighted by Gasteiger charge is 1.81. The summed E-state index contributed by atoms with van der Waals surface area (Å²) in [6.07, 6.45) is 0. The first-order valence-corrected chi connectivity index (χ1v) is 5.65. The Labute approximate surface area is 93.7 Å². The summed E-state index contributed by atoms with van der Waals surface area (Å²) in [7, 11) is 0. The summed E-state index contributed by atoms with van der Waals surface area (Å²) in [6.45, 7) is 0. The largest absolute Gasteiger partial charge is 0.0876 e. The Bertz CT molecular complexity index is 289. The van der Waals surface area contributed by atoms with Crippen LogP contribution in [-0.4, -0.2) is 0 Å². The van der Waals surface area contributed by atoms with Gasteiger partial charge in [0.15, 0.2) is 0 Å². The van der Waals surface area contributed by atoms with Crippen molar-refractivity contribution >= 4 is 15.9 Å². The van der Waals surface area contributed by atoms with Crippen molar-refractivity contribution in [2.24, 2.45) is 0 Å². The third-order valence-electron chi connectivity index (χ3n) is 1.66. The Hall–Kier alpha value is -1.08. The fourth-order valence-corrected chi connectivity index (χ4v) is 1.33. The SMILES string of the molecule is BrCc1ccccc1.c1ccccc1. The number of alkyl halides is 1. The Kier molecular flexibility index (Phi) is 5.76. The molecular weight excluding hydrogens is 236 g/mol. The molecule has 0 atom stereocenters. The fraction of sp³-hybridized carbons (Fsp3) is 0.0769. The average molecular weight is 249 g/mol. The second kappa shape index (κ2) is 7.34. The van der Waals surface area contributed by atoms with Crippen LogP contribution in [0.4, 0.5) is 0 Å². The van der Waals surface area contributed by atoms with Crippen LogP contribution in [-0.2, 0) is 5.33 Å². The average Bonchev–Trinajstić information content (AvgIpc) is 2.33. The lowest BCUT2D eigenvalue weighted by Crippen LogP contribution is -1.70. The lowest BCUT2D eigenvalue weighted by Gasteiger charge is -1.88. The molecule has 0 saturated carbocycles. The molecule has 0 radical (unpaired) electrons. The number of rotatable bonds is 1. The van der Waals surface area contributed by atoms with E-state index in [0.29, 0.717) is 0 Å². The molecule has 0 aliphatic rings. The van der Waals surface area contributed by atoms with Crippen LogP contribution < -0.4 is 0 Å². The van der Waals surface area contributed by atoms with Crippen molar-refractivity contribution in [1.29, 1.82) is 0 Å². The van der Waals surface area contributed by atoms with E-state index in [4.69, 9.17) is 0 Å². The highest BCUT2D eigenvalue weighted by Crippen LogP contribution is 2.02. The molecule has 2 aromatic carbocycles. The minimum Gasteiger partial charge on any atom is -0.0876 e. The molecule has 0 amide bonds. The molecule has 0 nitrogen and oxygen atoms in total. The molecule has 1 heteroatoms. The van der Waals surface area contributed by atoms with Gasteiger partial charge in [-0.1, -0.05) is 82.7 Å². The van der Waals surface area contributed by atoms with Gasteiger partial charge in [-0.05, 0) is 5.56 Å². The predicted octanol–water partition coefficient (Wildman–Crippen LogP) is 4.27. The lowest BCUT2D eigenvalue weighted by molar-refractivity contribution is 1.44. The van der Waals surface area contributed by atoms with Crippen LogP contribution in [0.25, 0.3) is 0 Å². The molecule has 0 N–H and O–H groups in total. The predicted molar refractivity (Wildman–Crippen MR) is 65.5 cm³/mol. The van der Waals surface area contributed by atoms with Crippen LogP contribution in [0, 0.1) is 0 Å². The van der Waals surface area contributed by atoms with Crippen LogP contribution in [0.5, 0.6) is 0 Å². The van der Waals surface area contributed by atoms with Gasteiger partial charge in [-0.15, -0.1) is 0 Å². The molecule has 2 rings (SSSR count). The van der Waals surface area contributed by atoms with Gasteiger partial charge in [0.1, 0.15) is 0 Å². The molecule has 0 fully saturated rings. The van der Waals surface area contributed by atoms with Gasteiger partial charge in [0.05, 0.1) is 0 Å². The first kappa shape index (κ1) is 11.0. The Morgan fingerprint density at radius 3 is 1.29 bits per heavy atom. The Balaban J connectivity index is 0.000000146. The lowest BCUT2D eigenvalue weighted by atomic mass is 10.2. The van der Waals surface area contributed by atoms with E-state index in [1.54, 1.807) is 0 Å². The fourth-order valence-electron chi connectivity index (χ4n) is 0.952. The molecule has 0 aromatic heterocycles. The van der Waals surface area contributed by atoms with E-state index in [2.05, 4.69) is 28.1 Å². The molecule has 14 heavy (non-hydrogen) atoms. The number of halogens is 1. The maximum absolute atomic E-state index is 3.36. The van der Waals surface area contributed by atoms with E-state index in [-0.39, 0.29) is 0 Å². The maximum atomic E-state index is 3.36. The molecular formula is C13H13Br. The first-order valence-electron chi connectivity index (χ1n) is 4.53. The van der Waals surface area contributed by atoms with Gasteiger partial charge < -0.3 is 0 Å². The van der Waals surface area contributed by atoms with Gasteiger partial charge in [0.2, 0.25) is 0 Å². The second-order valence-corrected chi connectivity index (χ2v) is 3.33. The third kappa shape index (κ3) is 4.83. The molecule has 72 valence electrons. The van der Waals surface area contributed by atoms with Gasteiger partial charge in [-0.3, -0.25) is 0 Å². The zero-order valence-electron chi connectivity index (χ0n) is 7.94. The first-order chi connectivity index (χ1) is 6.93. The summed E-state index contributed by atoms with van der Waals surface area (Å²) in [5, 5.41) is 0.952. The molecule has 0 heterocycles. The van der Waals surface area contributed by atoms with Gasteiger partial charge in [0.25, 0.3) is 0 Å². The smallest absolute Gasteiger partial charge is 0.0283 e. The van der Waals surface area contributed by atoms with Crippen LogP contribution in [0.3, 0.4) is 0 Å². The molecule has 0 spiro atoms. The van der Waals surface area contributed by atoms with E-state index < -0.39 is 0 Å². The molecule has 0 bridgehead atoms. The van der Waals surface area contributed by atoms with Crippen LogP contribution in [0.1, 0.15) is 5.56 Å². The topological polar surface area (TPSA) is 0 Å². The number of hydrogen-bond donors (Lipinski definition) is 0. The second-order valence-electron chi connectivity index (χ2n) is 2.77. The summed E-state index contributed by atoms with van der Waals surface area (Å²) in [6, 6.07) is 22.3. The van der Waals surface area contributed by atoms with E-state index in [0.717, 1.165) is 5.33 Å². The maximum Gasteiger partial charge on any atom is 0.0283 e. The monoisotopic (exact) mass is 248 g/mol. The highest BCUT2D eigenvalue weighted by molar-refractivity contribution is 9.08. The van der Waals surface area contributed by atoms with Crippen LogP contribution >= 0.6 is 15.9 Å². The quantitative estimate of drug-likeness (QED) is 0.662. The molecule has 0 saturated heterocycles. The van der Waals surface area contributed by atoms with Gasteiger partial charge in [0, 0.05) is 5.33 Å². The summed E-state index contributed by atoms with van der Waals surface area (Å²) in [5.74, 6) is 0. The summed E-state index contributed by atoms with van der Waals surface area (Å²) < 4.78 is 0. The summed E-state index contributed by atoms with van der Waals surface area (Å²) in [5.41, 5.74) is 1.33. The minimum absolute atomic E-state index is 0.952. The van der Waals surface area contributed by atoms with Crippen LogP contribution in [0.2, 0.25) is 0 Å². The molecule has 2 aromatic rings. The van der Waals surface area contributed by atoms with E-state index in [1.807, 2.05) is 54.6 Å².